The van der Waals surface area contributed by atoms with Gasteiger partial charge in [0.25, 0.3) is 5.91 Å². The Balaban J connectivity index is 1.56. The number of fused-ring (bicyclic) bond motifs is 1. The van der Waals surface area contributed by atoms with E-state index in [1.54, 1.807) is 29.2 Å². The van der Waals surface area contributed by atoms with Crippen LogP contribution in [-0.4, -0.2) is 25.8 Å². The molecule has 1 aliphatic heterocycles. The Morgan fingerprint density at radius 3 is 2.20 bits per heavy atom. The monoisotopic (exact) mass is 547 g/mol. The SMILES string of the molecule is CN(C)c1ccc(C2C3=C(CC(c4ccccc4)CC3=O)Nc3ccccc3N2C(=O)c2ccc(Cl)cc2)cc1. The van der Waals surface area contributed by atoms with Crippen molar-refractivity contribution in [3.8, 4) is 0 Å². The molecule has 0 radical (unpaired) electrons. The lowest BCUT2D eigenvalue weighted by Gasteiger charge is -2.35. The molecule has 4 aromatic carbocycles. The van der Waals surface area contributed by atoms with E-state index in [2.05, 4.69) is 17.4 Å². The van der Waals surface area contributed by atoms with Gasteiger partial charge in [-0.15, -0.1) is 0 Å². The number of carbonyl (C=O) groups is 2. The lowest BCUT2D eigenvalue weighted by Crippen LogP contribution is -2.38. The number of hydrogen-bond donors (Lipinski definition) is 1. The minimum Gasteiger partial charge on any atom is -0.378 e. The molecule has 200 valence electrons. The fourth-order valence-electron chi connectivity index (χ4n) is 5.78. The maximum Gasteiger partial charge on any atom is 0.259 e. The first-order valence-corrected chi connectivity index (χ1v) is 13.8. The number of hydrogen-bond acceptors (Lipinski definition) is 4. The van der Waals surface area contributed by atoms with Crippen LogP contribution in [0.25, 0.3) is 0 Å². The Morgan fingerprint density at radius 2 is 1.50 bits per heavy atom. The van der Waals surface area contributed by atoms with Gasteiger partial charge < -0.3 is 10.2 Å². The second-order valence-corrected chi connectivity index (χ2v) is 11.0. The van der Waals surface area contributed by atoms with Gasteiger partial charge in [-0.2, -0.15) is 0 Å². The number of ketones is 1. The second kappa shape index (κ2) is 10.7. The van der Waals surface area contributed by atoms with Crippen molar-refractivity contribution >= 4 is 40.4 Å². The summed E-state index contributed by atoms with van der Waals surface area (Å²) in [6.07, 6.45) is 1.06. The third-order valence-corrected chi connectivity index (χ3v) is 8.05. The fraction of sp³-hybridized carbons (Fsp3) is 0.176. The first-order valence-electron chi connectivity index (χ1n) is 13.4. The number of anilines is 3. The van der Waals surface area contributed by atoms with Crippen LogP contribution in [0, 0.1) is 0 Å². The molecule has 0 fully saturated rings. The molecule has 5 nitrogen and oxygen atoms in total. The third-order valence-electron chi connectivity index (χ3n) is 7.79. The molecule has 6 heteroatoms. The van der Waals surface area contributed by atoms with E-state index in [4.69, 9.17) is 11.6 Å². The molecule has 1 aliphatic carbocycles. The van der Waals surface area contributed by atoms with Gasteiger partial charge in [-0.1, -0.05) is 66.2 Å². The molecule has 0 spiro atoms. The topological polar surface area (TPSA) is 52.7 Å². The van der Waals surface area contributed by atoms with Gasteiger partial charge in [0, 0.05) is 48.1 Å². The molecule has 1 heterocycles. The standard InChI is InChI=1S/C34H30ClN3O2/c1-37(2)27-18-14-23(15-19-27)33-32-29(20-25(21-31(32)39)22-8-4-3-5-9-22)36-28-10-6-7-11-30(28)38(33)34(40)24-12-16-26(35)17-13-24/h3-19,25,33,36H,20-21H2,1-2H3. The summed E-state index contributed by atoms with van der Waals surface area (Å²) in [5.41, 5.74) is 6.60. The number of carbonyl (C=O) groups excluding carboxylic acids is 2. The molecule has 0 aromatic heterocycles. The number of nitrogens with one attached hydrogen (secondary N) is 1. The average molecular weight is 548 g/mol. The number of halogens is 1. The van der Waals surface area contributed by atoms with Crippen molar-refractivity contribution in [2.75, 3.05) is 29.2 Å². The van der Waals surface area contributed by atoms with Crippen molar-refractivity contribution in [2.24, 2.45) is 0 Å². The zero-order valence-electron chi connectivity index (χ0n) is 22.5. The van der Waals surface area contributed by atoms with Gasteiger partial charge in [0.15, 0.2) is 5.78 Å². The van der Waals surface area contributed by atoms with Crippen LogP contribution < -0.4 is 15.1 Å². The van der Waals surface area contributed by atoms with Gasteiger partial charge in [0.05, 0.1) is 17.4 Å². The van der Waals surface area contributed by atoms with Crippen LogP contribution in [-0.2, 0) is 4.79 Å². The molecule has 1 amide bonds. The minimum absolute atomic E-state index is 0.0472. The number of para-hydroxylation sites is 2. The van der Waals surface area contributed by atoms with Gasteiger partial charge in [-0.05, 0) is 72.0 Å². The van der Waals surface area contributed by atoms with Crippen molar-refractivity contribution in [2.45, 2.75) is 24.8 Å². The molecule has 1 N–H and O–H groups in total. The van der Waals surface area contributed by atoms with E-state index in [0.717, 1.165) is 33.9 Å². The summed E-state index contributed by atoms with van der Waals surface area (Å²) in [5, 5.41) is 4.16. The molecule has 0 saturated carbocycles. The smallest absolute Gasteiger partial charge is 0.259 e. The Labute approximate surface area is 239 Å². The van der Waals surface area contributed by atoms with E-state index in [0.29, 0.717) is 29.0 Å². The highest BCUT2D eigenvalue weighted by Gasteiger charge is 2.41. The van der Waals surface area contributed by atoms with Gasteiger partial charge in [0.1, 0.15) is 0 Å². The van der Waals surface area contributed by atoms with Gasteiger partial charge in [0.2, 0.25) is 0 Å². The van der Waals surface area contributed by atoms with E-state index in [1.165, 1.54) is 0 Å². The molecule has 40 heavy (non-hydrogen) atoms. The maximum absolute atomic E-state index is 14.4. The van der Waals surface area contributed by atoms with Crippen molar-refractivity contribution in [3.05, 3.63) is 136 Å². The Hall–Kier alpha value is -4.35. The highest BCUT2D eigenvalue weighted by Crippen LogP contribution is 2.48. The summed E-state index contributed by atoms with van der Waals surface area (Å²) in [6.45, 7) is 0. The summed E-state index contributed by atoms with van der Waals surface area (Å²) in [5.74, 6) is -0.0901. The molecule has 2 atom stereocenters. The third kappa shape index (κ3) is 4.78. The Morgan fingerprint density at radius 1 is 0.825 bits per heavy atom. The van der Waals surface area contributed by atoms with Crippen LogP contribution in [0.3, 0.4) is 0 Å². The van der Waals surface area contributed by atoms with Crippen LogP contribution in [0.4, 0.5) is 17.1 Å². The molecule has 0 bridgehead atoms. The van der Waals surface area contributed by atoms with Crippen LogP contribution >= 0.6 is 11.6 Å². The molecular formula is C34H30ClN3O2. The predicted molar refractivity (Wildman–Crippen MR) is 162 cm³/mol. The lowest BCUT2D eigenvalue weighted by molar-refractivity contribution is -0.116. The zero-order valence-corrected chi connectivity index (χ0v) is 23.2. The predicted octanol–water partition coefficient (Wildman–Crippen LogP) is 7.62. The Kier molecular flexibility index (Phi) is 6.91. The summed E-state index contributed by atoms with van der Waals surface area (Å²) in [7, 11) is 3.98. The minimum atomic E-state index is -0.602. The van der Waals surface area contributed by atoms with E-state index in [-0.39, 0.29) is 17.6 Å². The summed E-state index contributed by atoms with van der Waals surface area (Å²) < 4.78 is 0. The molecule has 4 aromatic rings. The van der Waals surface area contributed by atoms with Crippen LogP contribution in [0.1, 0.15) is 46.3 Å². The maximum atomic E-state index is 14.4. The first-order chi connectivity index (χ1) is 19.4. The van der Waals surface area contributed by atoms with Crippen molar-refractivity contribution in [1.29, 1.82) is 0 Å². The van der Waals surface area contributed by atoms with Crippen LogP contribution in [0.2, 0.25) is 5.02 Å². The number of Topliss-reactive ketones (excluding diaryl/α,β-unsaturated/α-hetero) is 1. The number of nitrogens with zero attached hydrogens (tertiary/aromatic N) is 2. The van der Waals surface area contributed by atoms with Crippen LogP contribution in [0.15, 0.2) is 114 Å². The van der Waals surface area contributed by atoms with Gasteiger partial charge in [-0.25, -0.2) is 0 Å². The van der Waals surface area contributed by atoms with Gasteiger partial charge in [-0.3, -0.25) is 14.5 Å². The summed E-state index contributed by atoms with van der Waals surface area (Å²) in [4.78, 5) is 32.3. The number of amides is 1. The molecule has 2 aliphatic rings. The fourth-order valence-corrected chi connectivity index (χ4v) is 5.90. The van der Waals surface area contributed by atoms with E-state index in [9.17, 15) is 9.59 Å². The second-order valence-electron chi connectivity index (χ2n) is 10.5. The summed E-state index contributed by atoms with van der Waals surface area (Å²) >= 11 is 6.16. The average Bonchev–Trinajstić information content (AvgIpc) is 3.12. The highest BCUT2D eigenvalue weighted by atomic mass is 35.5. The molecule has 2 unspecified atom stereocenters. The summed E-state index contributed by atoms with van der Waals surface area (Å²) in [6, 6.07) is 32.4. The molecular weight excluding hydrogens is 518 g/mol. The van der Waals surface area contributed by atoms with Crippen molar-refractivity contribution in [1.82, 2.24) is 0 Å². The van der Waals surface area contributed by atoms with Gasteiger partial charge >= 0.3 is 0 Å². The quantitative estimate of drug-likeness (QED) is 0.285. The van der Waals surface area contributed by atoms with E-state index in [1.807, 2.05) is 85.7 Å². The normalized spacial score (nSPS) is 18.4. The van der Waals surface area contributed by atoms with E-state index < -0.39 is 6.04 Å². The number of benzene rings is 4. The highest BCUT2D eigenvalue weighted by molar-refractivity contribution is 6.30. The molecule has 0 saturated heterocycles. The molecule has 6 rings (SSSR count). The van der Waals surface area contributed by atoms with E-state index >= 15 is 0 Å². The number of rotatable bonds is 4. The number of allylic oxidation sites excluding steroid dienone is 1. The van der Waals surface area contributed by atoms with Crippen LogP contribution in [0.5, 0.6) is 0 Å². The van der Waals surface area contributed by atoms with Crippen molar-refractivity contribution in [3.63, 3.8) is 0 Å². The largest absolute Gasteiger partial charge is 0.378 e. The Bertz CT molecular complexity index is 1590. The van der Waals surface area contributed by atoms with Crippen molar-refractivity contribution < 1.29 is 9.59 Å². The zero-order chi connectivity index (χ0) is 27.8. The first kappa shape index (κ1) is 25.9. The lowest BCUT2D eigenvalue weighted by atomic mass is 9.78.